The topological polar surface area (TPSA) is 127 Å². The van der Waals surface area contributed by atoms with Crippen molar-refractivity contribution in [2.24, 2.45) is 7.05 Å². The maximum atomic E-state index is 13.0. The number of imidazole rings is 1. The van der Waals surface area contributed by atoms with Crippen LogP contribution in [0.5, 0.6) is 0 Å². The lowest BCUT2D eigenvalue weighted by Crippen LogP contribution is -2.28. The lowest BCUT2D eigenvalue weighted by molar-refractivity contribution is -0.137. The van der Waals surface area contributed by atoms with Crippen molar-refractivity contribution in [1.29, 1.82) is 0 Å². The SMILES string of the molecule is Cc1nn(C)c2ncnc(C(=O)N[C@@H](C)c3cc(-c4nc5ccc(C(F)(F)F)cc5[nH]4)on3)c12. The fraction of sp³-hybridized carbons (Fsp3) is 0.238. The van der Waals surface area contributed by atoms with Gasteiger partial charge in [0.15, 0.2) is 11.5 Å². The van der Waals surface area contributed by atoms with Gasteiger partial charge in [-0.2, -0.15) is 18.3 Å². The summed E-state index contributed by atoms with van der Waals surface area (Å²) in [6.07, 6.45) is -3.17. The molecule has 1 amide bonds. The molecule has 10 nitrogen and oxygen atoms in total. The van der Waals surface area contributed by atoms with E-state index in [2.05, 4.69) is 35.5 Å². The Kier molecular flexibility index (Phi) is 4.84. The number of fused-ring (bicyclic) bond motifs is 2. The average Bonchev–Trinajstić information content (AvgIpc) is 3.50. The first-order chi connectivity index (χ1) is 16.1. The van der Waals surface area contributed by atoms with Crippen molar-refractivity contribution in [1.82, 2.24) is 40.2 Å². The number of benzene rings is 1. The predicted octanol–water partition coefficient (Wildman–Crippen LogP) is 3.71. The number of hydrogen-bond acceptors (Lipinski definition) is 7. The van der Waals surface area contributed by atoms with Crippen molar-refractivity contribution < 1.29 is 22.5 Å². The van der Waals surface area contributed by atoms with Crippen LogP contribution in [0.4, 0.5) is 13.2 Å². The average molecular weight is 470 g/mol. The number of aromatic nitrogens is 7. The Morgan fingerprint density at radius 3 is 2.79 bits per heavy atom. The first-order valence-corrected chi connectivity index (χ1v) is 10.1. The Balaban J connectivity index is 1.38. The Morgan fingerprint density at radius 2 is 2.03 bits per heavy atom. The van der Waals surface area contributed by atoms with Gasteiger partial charge in [0.1, 0.15) is 17.7 Å². The van der Waals surface area contributed by atoms with Crippen molar-refractivity contribution in [3.8, 4) is 11.6 Å². The van der Waals surface area contributed by atoms with Crippen LogP contribution in [0, 0.1) is 6.92 Å². The molecular weight excluding hydrogens is 453 g/mol. The third-order valence-electron chi connectivity index (χ3n) is 5.37. The molecule has 1 aromatic carbocycles. The van der Waals surface area contributed by atoms with E-state index < -0.39 is 23.7 Å². The summed E-state index contributed by atoms with van der Waals surface area (Å²) in [5.74, 6) is -0.00699. The van der Waals surface area contributed by atoms with E-state index in [1.165, 1.54) is 12.4 Å². The van der Waals surface area contributed by atoms with Crippen molar-refractivity contribution in [2.45, 2.75) is 26.1 Å². The summed E-state index contributed by atoms with van der Waals surface area (Å²) in [4.78, 5) is 28.3. The van der Waals surface area contributed by atoms with E-state index in [-0.39, 0.29) is 22.8 Å². The van der Waals surface area contributed by atoms with Gasteiger partial charge in [-0.05, 0) is 32.0 Å². The molecule has 174 valence electrons. The molecule has 0 unspecified atom stereocenters. The molecule has 0 radical (unpaired) electrons. The van der Waals surface area contributed by atoms with Gasteiger partial charge in [-0.25, -0.2) is 15.0 Å². The number of hydrogen-bond donors (Lipinski definition) is 2. The van der Waals surface area contributed by atoms with Gasteiger partial charge in [0.25, 0.3) is 5.91 Å². The smallest absolute Gasteiger partial charge is 0.353 e. The van der Waals surface area contributed by atoms with Gasteiger partial charge < -0.3 is 14.8 Å². The first-order valence-electron chi connectivity index (χ1n) is 10.1. The zero-order chi connectivity index (χ0) is 24.2. The number of halogens is 3. The van der Waals surface area contributed by atoms with Crippen molar-refractivity contribution >= 4 is 28.0 Å². The third kappa shape index (κ3) is 3.64. The van der Waals surface area contributed by atoms with E-state index >= 15 is 0 Å². The molecule has 4 aromatic heterocycles. The molecule has 34 heavy (non-hydrogen) atoms. The van der Waals surface area contributed by atoms with E-state index in [0.29, 0.717) is 27.9 Å². The molecule has 4 heterocycles. The molecule has 0 bridgehead atoms. The molecule has 0 spiro atoms. The number of carbonyl (C=O) groups is 1. The van der Waals surface area contributed by atoms with Crippen LogP contribution < -0.4 is 5.32 Å². The minimum absolute atomic E-state index is 0.184. The first kappa shape index (κ1) is 21.6. The number of H-pyrrole nitrogens is 1. The van der Waals surface area contributed by atoms with E-state index in [4.69, 9.17) is 4.52 Å². The van der Waals surface area contributed by atoms with E-state index in [1.807, 2.05) is 0 Å². The van der Waals surface area contributed by atoms with Crippen LogP contribution in [0.25, 0.3) is 33.7 Å². The summed E-state index contributed by atoms with van der Waals surface area (Å²) in [5, 5.41) is 11.6. The predicted molar refractivity (Wildman–Crippen MR) is 114 cm³/mol. The largest absolute Gasteiger partial charge is 0.416 e. The van der Waals surface area contributed by atoms with Crippen LogP contribution in [0.15, 0.2) is 35.1 Å². The van der Waals surface area contributed by atoms with Gasteiger partial charge in [-0.3, -0.25) is 9.48 Å². The molecule has 0 aliphatic rings. The van der Waals surface area contributed by atoms with E-state index in [0.717, 1.165) is 12.1 Å². The molecule has 0 saturated heterocycles. The lowest BCUT2D eigenvalue weighted by Gasteiger charge is -2.10. The second kappa shape index (κ2) is 7.64. The normalized spacial score (nSPS) is 13.0. The van der Waals surface area contributed by atoms with Gasteiger partial charge in [0.05, 0.1) is 33.7 Å². The third-order valence-corrected chi connectivity index (χ3v) is 5.37. The number of amides is 1. The number of aromatic amines is 1. The van der Waals surface area contributed by atoms with Crippen LogP contribution >= 0.6 is 0 Å². The van der Waals surface area contributed by atoms with Crippen LogP contribution in [0.2, 0.25) is 0 Å². The highest BCUT2D eigenvalue weighted by atomic mass is 19.4. The van der Waals surface area contributed by atoms with Crippen molar-refractivity contribution in [3.63, 3.8) is 0 Å². The van der Waals surface area contributed by atoms with Gasteiger partial charge in [-0.1, -0.05) is 5.16 Å². The summed E-state index contributed by atoms with van der Waals surface area (Å²) < 4.78 is 45.8. The zero-order valence-corrected chi connectivity index (χ0v) is 18.1. The zero-order valence-electron chi connectivity index (χ0n) is 18.1. The summed E-state index contributed by atoms with van der Waals surface area (Å²) in [6, 6.07) is 4.21. The number of aryl methyl sites for hydroxylation is 2. The Labute approximate surface area is 189 Å². The molecule has 0 aliphatic carbocycles. The number of carbonyl (C=O) groups excluding carboxylic acids is 1. The maximum absolute atomic E-state index is 13.0. The fourth-order valence-corrected chi connectivity index (χ4v) is 3.70. The molecule has 5 aromatic rings. The van der Waals surface area contributed by atoms with Crippen LogP contribution in [0.3, 0.4) is 0 Å². The van der Waals surface area contributed by atoms with Crippen molar-refractivity contribution in [2.75, 3.05) is 0 Å². The summed E-state index contributed by atoms with van der Waals surface area (Å²) in [5.41, 5.74) is 1.51. The highest BCUT2D eigenvalue weighted by Gasteiger charge is 2.31. The van der Waals surface area contributed by atoms with Gasteiger partial charge >= 0.3 is 6.18 Å². The quantitative estimate of drug-likeness (QED) is 0.410. The maximum Gasteiger partial charge on any atom is 0.416 e. The van der Waals surface area contributed by atoms with Gasteiger partial charge in [0.2, 0.25) is 5.76 Å². The van der Waals surface area contributed by atoms with Crippen molar-refractivity contribution in [3.05, 3.63) is 53.2 Å². The number of rotatable bonds is 4. The summed E-state index contributed by atoms with van der Waals surface area (Å²) in [6.45, 7) is 3.48. The second-order valence-corrected chi connectivity index (χ2v) is 7.76. The molecule has 1 atom stereocenters. The van der Waals surface area contributed by atoms with Crippen LogP contribution in [-0.2, 0) is 13.2 Å². The fourth-order valence-electron chi connectivity index (χ4n) is 3.70. The van der Waals surface area contributed by atoms with E-state index in [1.54, 1.807) is 31.6 Å². The number of nitrogens with one attached hydrogen (secondary N) is 2. The highest BCUT2D eigenvalue weighted by molar-refractivity contribution is 6.04. The Morgan fingerprint density at radius 1 is 1.24 bits per heavy atom. The minimum atomic E-state index is -4.46. The molecule has 5 rings (SSSR count). The van der Waals surface area contributed by atoms with Gasteiger partial charge in [0, 0.05) is 13.1 Å². The molecule has 2 N–H and O–H groups in total. The lowest BCUT2D eigenvalue weighted by atomic mass is 10.2. The van der Waals surface area contributed by atoms with E-state index in [9.17, 15) is 18.0 Å². The molecule has 0 saturated carbocycles. The molecule has 0 aliphatic heterocycles. The second-order valence-electron chi connectivity index (χ2n) is 7.76. The van der Waals surface area contributed by atoms with Crippen LogP contribution in [-0.4, -0.2) is 40.8 Å². The summed E-state index contributed by atoms with van der Waals surface area (Å²) >= 11 is 0. The molecule has 0 fully saturated rings. The molecular formula is C21H17F3N8O2. The van der Waals surface area contributed by atoms with Gasteiger partial charge in [-0.15, -0.1) is 0 Å². The minimum Gasteiger partial charge on any atom is -0.353 e. The number of nitrogens with zero attached hydrogens (tertiary/aromatic N) is 6. The highest BCUT2D eigenvalue weighted by Crippen LogP contribution is 2.32. The standard InChI is InChI=1S/C21H17F3N8O2/c1-9(27-20(33)17-16-10(2)30-32(3)19(16)26-8-25-17)13-7-15(34-31-13)18-28-12-5-4-11(21(22,23)24)6-14(12)29-18/h4-9H,1-3H3,(H,27,33)(H,28,29)/t9-/m0/s1. The van der Waals surface area contributed by atoms with Crippen LogP contribution in [0.1, 0.15) is 40.4 Å². The Bertz CT molecular complexity index is 1550. The summed E-state index contributed by atoms with van der Waals surface area (Å²) in [7, 11) is 1.73. The Hall–Kier alpha value is -4.29. The number of alkyl halides is 3. The molecule has 13 heteroatoms. The monoisotopic (exact) mass is 470 g/mol.